The van der Waals surface area contributed by atoms with Crippen LogP contribution >= 0.6 is 15.9 Å². The topological polar surface area (TPSA) is 41.5 Å². The lowest BCUT2D eigenvalue weighted by molar-refractivity contribution is 0.316. The van der Waals surface area contributed by atoms with Gasteiger partial charge in [-0.2, -0.15) is 0 Å². The number of phenols is 1. The third-order valence-corrected chi connectivity index (χ3v) is 3.71. The molecule has 0 spiro atoms. The van der Waals surface area contributed by atoms with Gasteiger partial charge in [-0.25, -0.2) is 0 Å². The summed E-state index contributed by atoms with van der Waals surface area (Å²) >= 11 is 3.36. The van der Waals surface area contributed by atoms with Crippen molar-refractivity contribution < 1.29 is 9.84 Å². The van der Waals surface area contributed by atoms with Crippen LogP contribution in [0.1, 0.15) is 25.3 Å². The van der Waals surface area contributed by atoms with E-state index < -0.39 is 0 Å². The molecule has 0 amide bonds. The van der Waals surface area contributed by atoms with E-state index in [0.29, 0.717) is 16.8 Å². The summed E-state index contributed by atoms with van der Waals surface area (Å²) in [6.45, 7) is 2.46. The Kier molecular flexibility index (Phi) is 3.13. The molecule has 0 heterocycles. The molecule has 1 aromatic carbocycles. The molecule has 0 aromatic heterocycles. The van der Waals surface area contributed by atoms with E-state index in [1.165, 1.54) is 5.56 Å². The van der Waals surface area contributed by atoms with Crippen LogP contribution in [0.4, 0.5) is 0 Å². The first-order chi connectivity index (χ1) is 7.63. The van der Waals surface area contributed by atoms with Crippen molar-refractivity contribution in [2.75, 3.05) is 13.7 Å². The summed E-state index contributed by atoms with van der Waals surface area (Å²) in [5.74, 6) is 0.728. The quantitative estimate of drug-likeness (QED) is 0.894. The van der Waals surface area contributed by atoms with Gasteiger partial charge in [0.15, 0.2) is 11.5 Å². The van der Waals surface area contributed by atoms with Crippen LogP contribution < -0.4 is 10.1 Å². The van der Waals surface area contributed by atoms with Gasteiger partial charge < -0.3 is 15.2 Å². The highest BCUT2D eigenvalue weighted by Crippen LogP contribution is 2.48. The van der Waals surface area contributed by atoms with Gasteiger partial charge in [0.05, 0.1) is 11.1 Å². The van der Waals surface area contributed by atoms with Gasteiger partial charge in [-0.15, -0.1) is 0 Å². The van der Waals surface area contributed by atoms with Crippen LogP contribution in [0.15, 0.2) is 16.6 Å². The van der Waals surface area contributed by atoms with E-state index in [-0.39, 0.29) is 11.3 Å². The number of nitrogens with one attached hydrogen (secondary N) is 1. The third kappa shape index (κ3) is 1.92. The van der Waals surface area contributed by atoms with Crippen LogP contribution in [-0.4, -0.2) is 18.8 Å². The number of ether oxygens (including phenoxy) is 1. The van der Waals surface area contributed by atoms with Gasteiger partial charge in [0.2, 0.25) is 0 Å². The van der Waals surface area contributed by atoms with Gasteiger partial charge in [-0.1, -0.05) is 0 Å². The molecule has 0 saturated heterocycles. The van der Waals surface area contributed by atoms with Crippen molar-refractivity contribution in [3.63, 3.8) is 0 Å². The predicted octanol–water partition coefficient (Wildman–Crippen LogP) is 2.76. The number of aromatic hydroxyl groups is 1. The van der Waals surface area contributed by atoms with E-state index in [1.807, 2.05) is 26.1 Å². The molecule has 1 aromatic rings. The molecular weight excluding hydrogens is 270 g/mol. The molecule has 0 unspecified atom stereocenters. The zero-order chi connectivity index (χ0) is 11.8. The second-order valence-corrected chi connectivity index (χ2v) is 4.92. The van der Waals surface area contributed by atoms with Gasteiger partial charge in [0.1, 0.15) is 0 Å². The number of benzene rings is 1. The molecular formula is C12H16BrNO2. The van der Waals surface area contributed by atoms with Crippen LogP contribution in [0, 0.1) is 0 Å². The summed E-state index contributed by atoms with van der Waals surface area (Å²) < 4.78 is 6.11. The van der Waals surface area contributed by atoms with Gasteiger partial charge in [-0.3, -0.25) is 0 Å². The highest BCUT2D eigenvalue weighted by atomic mass is 79.9. The molecule has 4 heteroatoms. The summed E-state index contributed by atoms with van der Waals surface area (Å²) in [5, 5.41) is 13.1. The Morgan fingerprint density at radius 2 is 2.19 bits per heavy atom. The second-order valence-electron chi connectivity index (χ2n) is 4.07. The number of halogens is 1. The van der Waals surface area contributed by atoms with Crippen LogP contribution in [-0.2, 0) is 5.54 Å². The lowest BCUT2D eigenvalue weighted by Crippen LogP contribution is -2.24. The molecule has 1 saturated carbocycles. The van der Waals surface area contributed by atoms with Crippen LogP contribution in [0.5, 0.6) is 11.5 Å². The van der Waals surface area contributed by atoms with Crippen molar-refractivity contribution in [3.05, 3.63) is 22.2 Å². The zero-order valence-corrected chi connectivity index (χ0v) is 11.1. The summed E-state index contributed by atoms with van der Waals surface area (Å²) in [6, 6.07) is 3.88. The normalized spacial score (nSPS) is 17.2. The lowest BCUT2D eigenvalue weighted by Gasteiger charge is -2.17. The molecule has 0 atom stereocenters. The minimum atomic E-state index is 0.0854. The smallest absolute Gasteiger partial charge is 0.172 e. The van der Waals surface area contributed by atoms with E-state index in [4.69, 9.17) is 4.74 Å². The fourth-order valence-corrected chi connectivity index (χ4v) is 2.37. The third-order valence-electron chi connectivity index (χ3n) is 3.11. The molecule has 16 heavy (non-hydrogen) atoms. The minimum absolute atomic E-state index is 0.0854. The van der Waals surface area contributed by atoms with Crippen molar-refractivity contribution in [3.8, 4) is 11.5 Å². The minimum Gasteiger partial charge on any atom is -0.503 e. The summed E-state index contributed by atoms with van der Waals surface area (Å²) in [4.78, 5) is 0. The molecule has 2 rings (SSSR count). The van der Waals surface area contributed by atoms with Crippen molar-refractivity contribution in [1.82, 2.24) is 5.32 Å². The fraction of sp³-hybridized carbons (Fsp3) is 0.500. The summed E-state index contributed by atoms with van der Waals surface area (Å²) in [5.41, 5.74) is 1.25. The molecule has 2 N–H and O–H groups in total. The maximum absolute atomic E-state index is 9.82. The highest BCUT2D eigenvalue weighted by molar-refractivity contribution is 9.10. The maximum Gasteiger partial charge on any atom is 0.172 e. The Hall–Kier alpha value is -0.740. The molecule has 0 bridgehead atoms. The average molecular weight is 286 g/mol. The molecule has 3 nitrogen and oxygen atoms in total. The van der Waals surface area contributed by atoms with E-state index in [2.05, 4.69) is 21.2 Å². The summed E-state index contributed by atoms with van der Waals surface area (Å²) in [7, 11) is 1.97. The second kappa shape index (κ2) is 4.26. The molecule has 0 aliphatic heterocycles. The van der Waals surface area contributed by atoms with Crippen molar-refractivity contribution in [2.45, 2.75) is 25.3 Å². The standard InChI is InChI=1S/C12H16BrNO2/c1-3-16-10-7-8(6-9(13)11(10)15)12(14-2)4-5-12/h6-7,14-15H,3-5H2,1-2H3. The Morgan fingerprint density at radius 3 is 2.69 bits per heavy atom. The average Bonchev–Trinajstić information content (AvgIpc) is 3.05. The monoisotopic (exact) mass is 285 g/mol. The number of hydrogen-bond donors (Lipinski definition) is 2. The number of phenolic OH excluding ortho intramolecular Hbond substituents is 1. The Morgan fingerprint density at radius 1 is 1.50 bits per heavy atom. The Bertz CT molecular complexity index is 402. The van der Waals surface area contributed by atoms with E-state index >= 15 is 0 Å². The van der Waals surface area contributed by atoms with E-state index in [0.717, 1.165) is 12.8 Å². The number of hydrogen-bond acceptors (Lipinski definition) is 3. The first kappa shape index (κ1) is 11.7. The van der Waals surface area contributed by atoms with Gasteiger partial charge >= 0.3 is 0 Å². The SMILES string of the molecule is CCOc1cc(C2(NC)CC2)cc(Br)c1O. The molecule has 0 radical (unpaired) electrons. The largest absolute Gasteiger partial charge is 0.503 e. The van der Waals surface area contributed by atoms with Gasteiger partial charge in [0, 0.05) is 5.54 Å². The Labute approximate surface area is 104 Å². The molecule has 1 fully saturated rings. The Balaban J connectivity index is 2.40. The van der Waals surface area contributed by atoms with Crippen molar-refractivity contribution in [2.24, 2.45) is 0 Å². The first-order valence-corrected chi connectivity index (χ1v) is 6.27. The van der Waals surface area contributed by atoms with Crippen molar-refractivity contribution >= 4 is 15.9 Å². The van der Waals surface area contributed by atoms with Crippen molar-refractivity contribution in [1.29, 1.82) is 0 Å². The van der Waals surface area contributed by atoms with Gasteiger partial charge in [0.25, 0.3) is 0 Å². The molecule has 88 valence electrons. The lowest BCUT2D eigenvalue weighted by atomic mass is 10.0. The predicted molar refractivity (Wildman–Crippen MR) is 66.9 cm³/mol. The summed E-state index contributed by atoms with van der Waals surface area (Å²) in [6.07, 6.45) is 2.26. The maximum atomic E-state index is 9.82. The molecule has 1 aliphatic carbocycles. The van der Waals surface area contributed by atoms with Crippen LogP contribution in [0.2, 0.25) is 0 Å². The zero-order valence-electron chi connectivity index (χ0n) is 9.51. The fourth-order valence-electron chi connectivity index (χ4n) is 1.92. The molecule has 1 aliphatic rings. The van der Waals surface area contributed by atoms with Gasteiger partial charge in [-0.05, 0) is 60.4 Å². The van der Waals surface area contributed by atoms with Crippen LogP contribution in [0.25, 0.3) is 0 Å². The number of rotatable bonds is 4. The first-order valence-electron chi connectivity index (χ1n) is 5.47. The van der Waals surface area contributed by atoms with E-state index in [1.54, 1.807) is 0 Å². The van der Waals surface area contributed by atoms with Crippen LogP contribution in [0.3, 0.4) is 0 Å². The van der Waals surface area contributed by atoms with E-state index in [9.17, 15) is 5.11 Å². The highest BCUT2D eigenvalue weighted by Gasteiger charge is 2.43.